The van der Waals surface area contributed by atoms with Crippen LogP contribution in [0.4, 0.5) is 5.69 Å². The Kier molecular flexibility index (Phi) is 5.24. The molecule has 2 heterocycles. The molecule has 1 amide bonds. The van der Waals surface area contributed by atoms with Gasteiger partial charge in [0.2, 0.25) is 22.3 Å². The van der Waals surface area contributed by atoms with Crippen molar-refractivity contribution in [1.82, 2.24) is 4.31 Å². The maximum absolute atomic E-state index is 12.5. The minimum atomic E-state index is -3.46. The zero-order valence-corrected chi connectivity index (χ0v) is 15.3. The maximum Gasteiger partial charge on any atom is 0.293 e. The van der Waals surface area contributed by atoms with Crippen LogP contribution in [-0.4, -0.2) is 36.8 Å². The minimum Gasteiger partial charge on any atom is -0.503 e. The summed E-state index contributed by atoms with van der Waals surface area (Å²) in [5, 5.41) is 12.3. The fourth-order valence-corrected chi connectivity index (χ4v) is 4.41. The molecule has 0 aliphatic carbocycles. The lowest BCUT2D eigenvalue weighted by Gasteiger charge is -2.15. The normalized spacial score (nSPS) is 16.3. The molecule has 0 spiro atoms. The molecule has 3 rings (SSSR count). The summed E-state index contributed by atoms with van der Waals surface area (Å²) in [5.74, 6) is -0.195. The molecule has 1 aromatic carbocycles. The molecule has 0 bridgehead atoms. The van der Waals surface area contributed by atoms with Gasteiger partial charge in [0.15, 0.2) is 11.9 Å². The number of anilines is 1. The van der Waals surface area contributed by atoms with E-state index >= 15 is 0 Å². The number of hydrogen-bond donors (Lipinski definition) is 2. The Morgan fingerprint density at radius 3 is 2.46 bits per heavy atom. The predicted molar refractivity (Wildman–Crippen MR) is 96.1 cm³/mol. The van der Waals surface area contributed by atoms with Gasteiger partial charge in [-0.15, -0.1) is 0 Å². The van der Waals surface area contributed by atoms with E-state index in [2.05, 4.69) is 5.32 Å². The standard InChI is InChI=1S/C18H21N3O4S/c1-14(20-10-4-5-16(22)13-20)18(23)19-15-6-8-17(9-7-15)26(24,25)21-11-2-3-12-21/h4-10,13-14H,2-3,11-12H2,1H3,(H-,19,22,23)/p+1/t14-/m0/s1. The second-order valence-electron chi connectivity index (χ2n) is 6.31. The summed E-state index contributed by atoms with van der Waals surface area (Å²) < 4.78 is 28.1. The van der Waals surface area contributed by atoms with Crippen LogP contribution in [0.5, 0.6) is 5.75 Å². The van der Waals surface area contributed by atoms with Crippen LogP contribution in [0.2, 0.25) is 0 Å². The van der Waals surface area contributed by atoms with Gasteiger partial charge in [-0.05, 0) is 43.2 Å². The SMILES string of the molecule is C[C@@H](C(=O)Nc1ccc(S(=O)(=O)N2CCCC2)cc1)[n+]1cccc(O)c1. The zero-order chi connectivity index (χ0) is 18.7. The van der Waals surface area contributed by atoms with Gasteiger partial charge in [-0.3, -0.25) is 4.79 Å². The summed E-state index contributed by atoms with van der Waals surface area (Å²) in [6, 6.07) is 8.83. The second-order valence-corrected chi connectivity index (χ2v) is 8.25. The van der Waals surface area contributed by atoms with E-state index in [1.54, 1.807) is 35.9 Å². The molecular formula is C18H22N3O4S+. The lowest BCUT2D eigenvalue weighted by molar-refractivity contribution is -0.705. The van der Waals surface area contributed by atoms with Gasteiger partial charge in [-0.2, -0.15) is 8.87 Å². The third kappa shape index (κ3) is 3.86. The van der Waals surface area contributed by atoms with E-state index in [4.69, 9.17) is 0 Å². The average molecular weight is 376 g/mol. The molecule has 1 atom stereocenters. The number of aromatic nitrogens is 1. The van der Waals surface area contributed by atoms with Crippen LogP contribution in [0, 0.1) is 0 Å². The molecule has 1 aliphatic rings. The molecule has 0 radical (unpaired) electrons. The van der Waals surface area contributed by atoms with Crippen molar-refractivity contribution in [1.29, 1.82) is 0 Å². The molecule has 138 valence electrons. The van der Waals surface area contributed by atoms with E-state index in [0.29, 0.717) is 18.8 Å². The number of aromatic hydroxyl groups is 1. The van der Waals surface area contributed by atoms with Crippen molar-refractivity contribution in [2.75, 3.05) is 18.4 Å². The molecular weight excluding hydrogens is 354 g/mol. The Morgan fingerprint density at radius 2 is 1.85 bits per heavy atom. The molecule has 8 heteroatoms. The van der Waals surface area contributed by atoms with Crippen LogP contribution in [-0.2, 0) is 14.8 Å². The first kappa shape index (κ1) is 18.3. The highest BCUT2D eigenvalue weighted by atomic mass is 32.2. The van der Waals surface area contributed by atoms with Gasteiger partial charge >= 0.3 is 0 Å². The summed E-state index contributed by atoms with van der Waals surface area (Å²) >= 11 is 0. The fraction of sp³-hybridized carbons (Fsp3) is 0.333. The van der Waals surface area contributed by atoms with Gasteiger partial charge in [0, 0.05) is 31.8 Å². The fourth-order valence-electron chi connectivity index (χ4n) is 2.89. The van der Waals surface area contributed by atoms with Crippen LogP contribution in [0.1, 0.15) is 25.8 Å². The lowest BCUT2D eigenvalue weighted by atomic mass is 10.2. The smallest absolute Gasteiger partial charge is 0.293 e. The van der Waals surface area contributed by atoms with Crippen LogP contribution < -0.4 is 9.88 Å². The Bertz CT molecular complexity index is 891. The van der Waals surface area contributed by atoms with E-state index in [0.717, 1.165) is 12.8 Å². The van der Waals surface area contributed by atoms with Crippen molar-refractivity contribution in [3.63, 3.8) is 0 Å². The molecule has 26 heavy (non-hydrogen) atoms. The Labute approximate surface area is 152 Å². The highest BCUT2D eigenvalue weighted by molar-refractivity contribution is 7.89. The highest BCUT2D eigenvalue weighted by Crippen LogP contribution is 2.22. The number of carbonyl (C=O) groups is 1. The summed E-state index contributed by atoms with van der Waals surface area (Å²) in [6.45, 7) is 2.82. The van der Waals surface area contributed by atoms with Crippen molar-refractivity contribution in [2.24, 2.45) is 0 Å². The van der Waals surface area contributed by atoms with Gasteiger partial charge in [0.25, 0.3) is 5.91 Å². The maximum atomic E-state index is 12.5. The third-order valence-corrected chi connectivity index (χ3v) is 6.37. The molecule has 7 nitrogen and oxygen atoms in total. The Hall–Kier alpha value is -2.45. The van der Waals surface area contributed by atoms with E-state index in [1.807, 2.05) is 0 Å². The topological polar surface area (TPSA) is 90.6 Å². The zero-order valence-electron chi connectivity index (χ0n) is 14.5. The van der Waals surface area contributed by atoms with Gasteiger partial charge in [-0.25, -0.2) is 8.42 Å². The van der Waals surface area contributed by atoms with E-state index in [1.165, 1.54) is 28.7 Å². The Morgan fingerprint density at radius 1 is 1.19 bits per heavy atom. The van der Waals surface area contributed by atoms with Crippen LogP contribution in [0.25, 0.3) is 0 Å². The number of benzene rings is 1. The van der Waals surface area contributed by atoms with Crippen molar-refractivity contribution in [2.45, 2.75) is 30.7 Å². The molecule has 1 aliphatic heterocycles. The summed E-state index contributed by atoms with van der Waals surface area (Å²) in [6.07, 6.45) is 4.93. The van der Waals surface area contributed by atoms with Crippen molar-refractivity contribution >= 4 is 21.6 Å². The van der Waals surface area contributed by atoms with Crippen LogP contribution in [0.3, 0.4) is 0 Å². The quantitative estimate of drug-likeness (QED) is 0.777. The molecule has 2 aromatic rings. The predicted octanol–water partition coefficient (Wildman–Crippen LogP) is 1.66. The van der Waals surface area contributed by atoms with Crippen LogP contribution >= 0.6 is 0 Å². The highest BCUT2D eigenvalue weighted by Gasteiger charge is 2.27. The van der Waals surface area contributed by atoms with Crippen molar-refractivity contribution in [3.8, 4) is 5.75 Å². The Balaban J connectivity index is 1.70. The summed E-state index contributed by atoms with van der Waals surface area (Å²) in [7, 11) is -3.46. The third-order valence-electron chi connectivity index (χ3n) is 4.46. The monoisotopic (exact) mass is 376 g/mol. The number of carbonyl (C=O) groups excluding carboxylic acids is 1. The number of nitrogens with zero attached hydrogens (tertiary/aromatic N) is 2. The van der Waals surface area contributed by atoms with Crippen molar-refractivity contribution in [3.05, 3.63) is 48.8 Å². The molecule has 1 saturated heterocycles. The second kappa shape index (κ2) is 7.43. The van der Waals surface area contributed by atoms with E-state index in [9.17, 15) is 18.3 Å². The first-order valence-corrected chi connectivity index (χ1v) is 9.93. The number of nitrogens with one attached hydrogen (secondary N) is 1. The van der Waals surface area contributed by atoms with Crippen molar-refractivity contribution < 1.29 is 22.9 Å². The number of hydrogen-bond acceptors (Lipinski definition) is 4. The summed E-state index contributed by atoms with van der Waals surface area (Å²) in [5.41, 5.74) is 0.517. The number of rotatable bonds is 5. The molecule has 1 fully saturated rings. The van der Waals surface area contributed by atoms with Gasteiger partial charge < -0.3 is 10.4 Å². The lowest BCUT2D eigenvalue weighted by Crippen LogP contribution is -2.43. The number of amides is 1. The number of sulfonamides is 1. The number of pyridine rings is 1. The largest absolute Gasteiger partial charge is 0.503 e. The first-order chi connectivity index (χ1) is 12.4. The minimum absolute atomic E-state index is 0.0728. The van der Waals surface area contributed by atoms with E-state index < -0.39 is 16.1 Å². The molecule has 0 saturated carbocycles. The van der Waals surface area contributed by atoms with Gasteiger partial charge in [0.1, 0.15) is 0 Å². The van der Waals surface area contributed by atoms with Gasteiger partial charge in [0.05, 0.1) is 4.90 Å². The molecule has 2 N–H and O–H groups in total. The van der Waals surface area contributed by atoms with Gasteiger partial charge in [-0.1, -0.05) is 0 Å². The summed E-state index contributed by atoms with van der Waals surface area (Å²) in [4.78, 5) is 12.6. The molecule has 0 unspecified atom stereocenters. The van der Waals surface area contributed by atoms with Crippen LogP contribution in [0.15, 0.2) is 53.7 Å². The molecule has 1 aromatic heterocycles. The first-order valence-electron chi connectivity index (χ1n) is 8.49. The average Bonchev–Trinajstić information content (AvgIpc) is 3.17. The van der Waals surface area contributed by atoms with E-state index in [-0.39, 0.29) is 16.6 Å².